The molecule has 0 saturated heterocycles. The zero-order chi connectivity index (χ0) is 14.5. The van der Waals surface area contributed by atoms with E-state index in [0.717, 1.165) is 12.8 Å². The average molecular weight is 334 g/mol. The van der Waals surface area contributed by atoms with Crippen molar-refractivity contribution in [2.24, 2.45) is 0 Å². The normalized spacial score (nSPS) is 10.1. The smallest absolute Gasteiger partial charge is 0.181 e. The average Bonchev–Trinajstić information content (AvgIpc) is 2.46. The van der Waals surface area contributed by atoms with Crippen LogP contribution in [0, 0.1) is 17.1 Å². The Morgan fingerprint density at radius 1 is 1.20 bits per heavy atom. The van der Waals surface area contributed by atoms with E-state index in [1.165, 1.54) is 17.7 Å². The van der Waals surface area contributed by atoms with Gasteiger partial charge in [-0.2, -0.15) is 5.26 Å². The summed E-state index contributed by atoms with van der Waals surface area (Å²) in [6, 6.07) is 12.5. The minimum Gasteiger partial charge on any atom is -0.454 e. The summed E-state index contributed by atoms with van der Waals surface area (Å²) in [5, 5.41) is 8.82. The van der Waals surface area contributed by atoms with Gasteiger partial charge in [0.1, 0.15) is 11.8 Å². The molecule has 4 heteroatoms. The molecule has 2 aromatic carbocycles. The van der Waals surface area contributed by atoms with E-state index in [0.29, 0.717) is 5.75 Å². The quantitative estimate of drug-likeness (QED) is 0.769. The number of rotatable bonds is 4. The molecule has 0 saturated carbocycles. The van der Waals surface area contributed by atoms with Crippen LogP contribution in [0.4, 0.5) is 4.39 Å². The highest BCUT2D eigenvalue weighted by atomic mass is 79.9. The van der Waals surface area contributed by atoms with Crippen LogP contribution >= 0.6 is 15.9 Å². The van der Waals surface area contributed by atoms with E-state index >= 15 is 0 Å². The topological polar surface area (TPSA) is 33.0 Å². The van der Waals surface area contributed by atoms with Crippen LogP contribution in [0.5, 0.6) is 11.5 Å². The molecule has 102 valence electrons. The molecule has 2 aromatic rings. The van der Waals surface area contributed by atoms with Gasteiger partial charge in [-0.1, -0.05) is 25.5 Å². The molecular weight excluding hydrogens is 321 g/mol. The predicted octanol–water partition coefficient (Wildman–Crippen LogP) is 5.20. The van der Waals surface area contributed by atoms with Gasteiger partial charge in [-0.25, -0.2) is 4.39 Å². The maximum Gasteiger partial charge on any atom is 0.181 e. The number of hydrogen-bond donors (Lipinski definition) is 0. The van der Waals surface area contributed by atoms with Crippen LogP contribution in [-0.4, -0.2) is 0 Å². The van der Waals surface area contributed by atoms with Gasteiger partial charge >= 0.3 is 0 Å². The Morgan fingerprint density at radius 3 is 2.50 bits per heavy atom. The molecule has 2 rings (SSSR count). The van der Waals surface area contributed by atoms with Crippen molar-refractivity contribution in [1.29, 1.82) is 5.26 Å². The second kappa shape index (κ2) is 6.53. The third-order valence-corrected chi connectivity index (χ3v) is 3.63. The van der Waals surface area contributed by atoms with Gasteiger partial charge in [0, 0.05) is 0 Å². The van der Waals surface area contributed by atoms with Crippen molar-refractivity contribution in [2.75, 3.05) is 0 Å². The van der Waals surface area contributed by atoms with E-state index in [1.54, 1.807) is 0 Å². The molecule has 0 unspecified atom stereocenters. The van der Waals surface area contributed by atoms with Crippen molar-refractivity contribution in [2.45, 2.75) is 19.8 Å². The van der Waals surface area contributed by atoms with Gasteiger partial charge in [-0.3, -0.25) is 0 Å². The Bertz CT molecular complexity index is 647. The molecule has 0 radical (unpaired) electrons. The molecule has 0 aromatic heterocycles. The molecule has 0 N–H and O–H groups in total. The molecule has 20 heavy (non-hydrogen) atoms. The molecule has 0 aliphatic heterocycles. The van der Waals surface area contributed by atoms with Crippen LogP contribution in [0.3, 0.4) is 0 Å². The summed E-state index contributed by atoms with van der Waals surface area (Å²) in [6.07, 6.45) is 2.09. The highest BCUT2D eigenvalue weighted by Crippen LogP contribution is 2.31. The molecule has 0 aliphatic carbocycles. The molecule has 0 heterocycles. The lowest BCUT2D eigenvalue weighted by Crippen LogP contribution is -1.92. The van der Waals surface area contributed by atoms with Gasteiger partial charge in [0.2, 0.25) is 0 Å². The summed E-state index contributed by atoms with van der Waals surface area (Å²) < 4.78 is 19.6. The lowest BCUT2D eigenvalue weighted by Gasteiger charge is -2.09. The zero-order valence-electron chi connectivity index (χ0n) is 11.0. The van der Waals surface area contributed by atoms with Crippen LogP contribution in [0.2, 0.25) is 0 Å². The van der Waals surface area contributed by atoms with Crippen molar-refractivity contribution in [3.63, 3.8) is 0 Å². The number of hydrogen-bond acceptors (Lipinski definition) is 2. The van der Waals surface area contributed by atoms with Crippen LogP contribution < -0.4 is 4.74 Å². The van der Waals surface area contributed by atoms with Crippen LogP contribution in [0.25, 0.3) is 0 Å². The molecular formula is C16H13BrFNO. The third kappa shape index (κ3) is 3.17. The number of halogens is 2. The maximum absolute atomic E-state index is 14.0. The molecule has 0 fully saturated rings. The summed E-state index contributed by atoms with van der Waals surface area (Å²) >= 11 is 3.06. The highest BCUT2D eigenvalue weighted by molar-refractivity contribution is 9.10. The zero-order valence-corrected chi connectivity index (χ0v) is 12.6. The van der Waals surface area contributed by atoms with Gasteiger partial charge in [0.25, 0.3) is 0 Å². The van der Waals surface area contributed by atoms with Crippen molar-refractivity contribution in [3.05, 3.63) is 57.8 Å². The summed E-state index contributed by atoms with van der Waals surface area (Å²) in [4.78, 5) is 0. The van der Waals surface area contributed by atoms with E-state index in [4.69, 9.17) is 10.00 Å². The molecule has 2 nitrogen and oxygen atoms in total. The van der Waals surface area contributed by atoms with E-state index in [2.05, 4.69) is 22.9 Å². The first-order valence-electron chi connectivity index (χ1n) is 6.30. The molecule has 0 atom stereocenters. The fraction of sp³-hybridized carbons (Fsp3) is 0.188. The van der Waals surface area contributed by atoms with Crippen molar-refractivity contribution < 1.29 is 9.13 Å². The predicted molar refractivity (Wildman–Crippen MR) is 79.3 cm³/mol. The van der Waals surface area contributed by atoms with Crippen LogP contribution in [0.1, 0.15) is 24.5 Å². The largest absolute Gasteiger partial charge is 0.454 e. The van der Waals surface area contributed by atoms with Gasteiger partial charge < -0.3 is 4.74 Å². The standard InChI is InChI=1S/C16H13BrFNO/c1-2-3-11-4-7-13(8-5-11)20-14-9-6-12(10-19)15(17)16(14)18/h4-9H,2-3H2,1H3. The first-order chi connectivity index (χ1) is 9.65. The molecule has 0 bridgehead atoms. The Balaban J connectivity index is 2.22. The number of ether oxygens (including phenoxy) is 1. The Labute approximate surface area is 125 Å². The highest BCUT2D eigenvalue weighted by Gasteiger charge is 2.12. The number of aryl methyl sites for hydroxylation is 1. The summed E-state index contributed by atoms with van der Waals surface area (Å²) in [5.41, 5.74) is 1.47. The fourth-order valence-electron chi connectivity index (χ4n) is 1.84. The van der Waals surface area contributed by atoms with E-state index in [1.807, 2.05) is 30.3 Å². The second-order valence-corrected chi connectivity index (χ2v) is 5.14. The van der Waals surface area contributed by atoms with Crippen LogP contribution in [0.15, 0.2) is 40.9 Å². The van der Waals surface area contributed by atoms with Gasteiger partial charge in [-0.15, -0.1) is 0 Å². The number of nitriles is 1. The minimum atomic E-state index is -0.568. The molecule has 0 aliphatic rings. The Hall–Kier alpha value is -1.86. The summed E-state index contributed by atoms with van der Waals surface area (Å²) in [6.45, 7) is 2.12. The van der Waals surface area contributed by atoms with Crippen molar-refractivity contribution in [3.8, 4) is 17.6 Å². The first kappa shape index (κ1) is 14.5. The second-order valence-electron chi connectivity index (χ2n) is 4.35. The molecule has 0 spiro atoms. The van der Waals surface area contributed by atoms with Gasteiger partial charge in [0.05, 0.1) is 10.0 Å². The number of nitrogens with zero attached hydrogens (tertiary/aromatic N) is 1. The number of benzene rings is 2. The van der Waals surface area contributed by atoms with E-state index in [9.17, 15) is 4.39 Å². The third-order valence-electron chi connectivity index (χ3n) is 2.86. The SMILES string of the molecule is CCCc1ccc(Oc2ccc(C#N)c(Br)c2F)cc1. The van der Waals surface area contributed by atoms with Gasteiger partial charge in [0.15, 0.2) is 11.6 Å². The summed E-state index contributed by atoms with van der Waals surface area (Å²) in [5.74, 6) is 0.0983. The molecule has 0 amide bonds. The van der Waals surface area contributed by atoms with E-state index < -0.39 is 5.82 Å². The van der Waals surface area contributed by atoms with Crippen molar-refractivity contribution in [1.82, 2.24) is 0 Å². The monoisotopic (exact) mass is 333 g/mol. The lowest BCUT2D eigenvalue weighted by molar-refractivity contribution is 0.440. The Morgan fingerprint density at radius 2 is 1.90 bits per heavy atom. The van der Waals surface area contributed by atoms with Crippen molar-refractivity contribution >= 4 is 15.9 Å². The fourth-order valence-corrected chi connectivity index (χ4v) is 2.25. The van der Waals surface area contributed by atoms with E-state index in [-0.39, 0.29) is 15.8 Å². The van der Waals surface area contributed by atoms with Gasteiger partial charge in [-0.05, 0) is 52.2 Å². The lowest BCUT2D eigenvalue weighted by atomic mass is 10.1. The maximum atomic E-state index is 14.0. The van der Waals surface area contributed by atoms with Crippen LogP contribution in [-0.2, 0) is 6.42 Å². The Kier molecular flexibility index (Phi) is 4.75. The first-order valence-corrected chi connectivity index (χ1v) is 7.10. The minimum absolute atomic E-state index is 0.0964. The summed E-state index contributed by atoms with van der Waals surface area (Å²) in [7, 11) is 0.